The second kappa shape index (κ2) is 50.1. The number of hydrogen-bond acceptors (Lipinski definition) is 2. The fourth-order valence-corrected chi connectivity index (χ4v) is 2.60. The van der Waals surface area contributed by atoms with E-state index in [0.717, 1.165) is 38.4 Å². The second-order valence-corrected chi connectivity index (χ2v) is 5.13. The fraction of sp³-hybridized carbons (Fsp3) is 0.647. The van der Waals surface area contributed by atoms with Gasteiger partial charge in [-0.2, -0.15) is 0 Å². The van der Waals surface area contributed by atoms with Crippen molar-refractivity contribution in [1.29, 1.82) is 0 Å². The van der Waals surface area contributed by atoms with Crippen molar-refractivity contribution in [3.05, 3.63) is 65.2 Å². The van der Waals surface area contributed by atoms with Gasteiger partial charge in [-0.15, -0.1) is 0 Å². The molecule has 0 atom stereocenters. The van der Waals surface area contributed by atoms with Crippen LogP contribution in [0.4, 0.5) is 0 Å². The Morgan fingerprint density at radius 3 is 1.31 bits per heavy atom. The van der Waals surface area contributed by atoms with E-state index in [-0.39, 0.29) is 0 Å². The molecular formula is C34H68O2. The lowest BCUT2D eigenvalue weighted by Crippen LogP contribution is -2.08. The van der Waals surface area contributed by atoms with Crippen LogP contribution in [-0.4, -0.2) is 13.2 Å². The van der Waals surface area contributed by atoms with Crippen LogP contribution in [0.1, 0.15) is 134 Å². The van der Waals surface area contributed by atoms with Crippen molar-refractivity contribution in [1.82, 2.24) is 0 Å². The minimum absolute atomic E-state index is 0.802. The van der Waals surface area contributed by atoms with Crippen LogP contribution in [0.25, 0.3) is 0 Å². The zero-order chi connectivity index (χ0) is 29.6. The van der Waals surface area contributed by atoms with Gasteiger partial charge in [0.25, 0.3) is 0 Å². The Morgan fingerprint density at radius 2 is 0.861 bits per heavy atom. The fourth-order valence-electron chi connectivity index (χ4n) is 2.60. The highest BCUT2D eigenvalue weighted by Crippen LogP contribution is 2.23. The van der Waals surface area contributed by atoms with Gasteiger partial charge in [0.05, 0.1) is 19.8 Å². The summed E-state index contributed by atoms with van der Waals surface area (Å²) in [6, 6.07) is 16.7. The van der Waals surface area contributed by atoms with Crippen LogP contribution in [0, 0.1) is 0 Å². The molecule has 2 aromatic carbocycles. The topological polar surface area (TPSA) is 18.5 Å². The van der Waals surface area contributed by atoms with E-state index >= 15 is 0 Å². The van der Waals surface area contributed by atoms with Crippen molar-refractivity contribution in [2.45, 2.75) is 137 Å². The highest BCUT2D eigenvalue weighted by molar-refractivity contribution is 5.34. The summed E-state index contributed by atoms with van der Waals surface area (Å²) < 4.78 is 10.7. The van der Waals surface area contributed by atoms with Gasteiger partial charge in [-0.25, -0.2) is 0 Å². The first-order chi connectivity index (χ1) is 17.9. The Hall–Kier alpha value is -1.80. The number of benzene rings is 2. The van der Waals surface area contributed by atoms with E-state index < -0.39 is 0 Å². The lowest BCUT2D eigenvalue weighted by atomic mass is 10.0. The molecule has 2 heteroatoms. The average Bonchev–Trinajstić information content (AvgIpc) is 3.05. The number of fused-ring (bicyclic) bond motifs is 2. The Morgan fingerprint density at radius 1 is 0.444 bits per heavy atom. The van der Waals surface area contributed by atoms with Crippen LogP contribution in [0.2, 0.25) is 0 Å². The van der Waals surface area contributed by atoms with Gasteiger partial charge in [-0.3, -0.25) is 0 Å². The van der Waals surface area contributed by atoms with Gasteiger partial charge < -0.3 is 9.47 Å². The Bertz CT molecular complexity index is 463. The van der Waals surface area contributed by atoms with Crippen LogP contribution in [0.5, 0.6) is 5.75 Å². The zero-order valence-corrected chi connectivity index (χ0v) is 27.7. The SMILES string of the molecule is CC.CC.CC.CC.CC.CC.CC.CC.c1ccc2c(c1)CCCO2.c1ccc2c(c1)CCOC2. The molecule has 2 aliphatic heterocycles. The third-order valence-electron chi connectivity index (χ3n) is 3.71. The predicted molar refractivity (Wildman–Crippen MR) is 171 cm³/mol. The summed E-state index contributed by atoms with van der Waals surface area (Å²) >= 11 is 0. The van der Waals surface area contributed by atoms with E-state index in [9.17, 15) is 0 Å². The molecule has 2 aromatic rings. The molecule has 0 aromatic heterocycles. The number of para-hydroxylation sites is 1. The molecule has 216 valence electrons. The normalized spacial score (nSPS) is 10.2. The summed E-state index contributed by atoms with van der Waals surface area (Å²) in [7, 11) is 0. The van der Waals surface area contributed by atoms with E-state index in [0.29, 0.717) is 0 Å². The number of rotatable bonds is 0. The van der Waals surface area contributed by atoms with Crippen LogP contribution in [-0.2, 0) is 24.2 Å². The van der Waals surface area contributed by atoms with Crippen molar-refractivity contribution in [2.24, 2.45) is 0 Å². The van der Waals surface area contributed by atoms with Gasteiger partial charge in [0, 0.05) is 0 Å². The molecule has 0 bridgehead atoms. The molecule has 2 nitrogen and oxygen atoms in total. The van der Waals surface area contributed by atoms with Crippen molar-refractivity contribution < 1.29 is 9.47 Å². The van der Waals surface area contributed by atoms with Crippen molar-refractivity contribution in [2.75, 3.05) is 13.2 Å². The zero-order valence-electron chi connectivity index (χ0n) is 27.7. The van der Waals surface area contributed by atoms with E-state index in [1.165, 1.54) is 23.1 Å². The second-order valence-electron chi connectivity index (χ2n) is 5.13. The predicted octanol–water partition coefficient (Wildman–Crippen LogP) is 12.0. The lowest BCUT2D eigenvalue weighted by Gasteiger charge is -2.15. The molecule has 0 radical (unpaired) electrons. The monoisotopic (exact) mass is 509 g/mol. The maximum Gasteiger partial charge on any atom is 0.122 e. The summed E-state index contributed by atoms with van der Waals surface area (Å²) in [5.74, 6) is 1.08. The van der Waals surface area contributed by atoms with E-state index in [2.05, 4.69) is 36.4 Å². The van der Waals surface area contributed by atoms with Crippen molar-refractivity contribution in [3.8, 4) is 5.75 Å². The average molecular weight is 509 g/mol. The maximum atomic E-state index is 5.42. The van der Waals surface area contributed by atoms with Crippen LogP contribution in [0.3, 0.4) is 0 Å². The Kier molecular flexibility index (Phi) is 66.0. The minimum Gasteiger partial charge on any atom is -0.493 e. The summed E-state index contributed by atoms with van der Waals surface area (Å²) in [6.45, 7) is 34.6. The summed E-state index contributed by atoms with van der Waals surface area (Å²) in [4.78, 5) is 0. The van der Waals surface area contributed by atoms with E-state index in [1.54, 1.807) is 0 Å². The van der Waals surface area contributed by atoms with Crippen molar-refractivity contribution >= 4 is 0 Å². The Labute approximate surface area is 230 Å². The van der Waals surface area contributed by atoms with Crippen LogP contribution < -0.4 is 4.74 Å². The first-order valence-electron chi connectivity index (χ1n) is 15.3. The summed E-state index contributed by atoms with van der Waals surface area (Å²) in [5.41, 5.74) is 4.16. The number of hydrogen-bond donors (Lipinski definition) is 0. The van der Waals surface area contributed by atoms with Gasteiger partial charge >= 0.3 is 0 Å². The lowest BCUT2D eigenvalue weighted by molar-refractivity contribution is 0.111. The van der Waals surface area contributed by atoms with E-state index in [1.807, 2.05) is 123 Å². The number of ether oxygens (including phenoxy) is 2. The molecule has 0 amide bonds. The van der Waals surface area contributed by atoms with Gasteiger partial charge in [-0.05, 0) is 42.0 Å². The highest BCUT2D eigenvalue weighted by Gasteiger charge is 2.07. The molecule has 0 spiro atoms. The smallest absolute Gasteiger partial charge is 0.122 e. The highest BCUT2D eigenvalue weighted by atomic mass is 16.5. The van der Waals surface area contributed by atoms with E-state index in [4.69, 9.17) is 9.47 Å². The van der Waals surface area contributed by atoms with Crippen LogP contribution in [0.15, 0.2) is 48.5 Å². The van der Waals surface area contributed by atoms with Gasteiger partial charge in [0.15, 0.2) is 0 Å². The number of aryl methyl sites for hydroxylation is 1. The van der Waals surface area contributed by atoms with Gasteiger partial charge in [0.1, 0.15) is 5.75 Å². The standard InChI is InChI=1S/2C9H10O.8C2H6/c1-2-6-9-8(4-1)5-3-7-10-9;1-2-4-9-7-10-6-5-8(9)3-1;8*1-2/h1-2,4,6H,3,5,7H2;1-4H,5-7H2;8*1-2H3. The molecule has 4 rings (SSSR count). The molecule has 36 heavy (non-hydrogen) atoms. The van der Waals surface area contributed by atoms with Gasteiger partial charge in [0.2, 0.25) is 0 Å². The third kappa shape index (κ3) is 26.8. The molecule has 0 aliphatic carbocycles. The third-order valence-corrected chi connectivity index (χ3v) is 3.71. The molecule has 2 aliphatic rings. The molecule has 2 heterocycles. The molecule has 0 unspecified atom stereocenters. The summed E-state index contributed by atoms with van der Waals surface area (Å²) in [6.07, 6.45) is 3.42. The molecule has 0 N–H and O–H groups in total. The quantitative estimate of drug-likeness (QED) is 0.352. The molecule has 0 saturated carbocycles. The first-order valence-corrected chi connectivity index (χ1v) is 15.3. The molecular weight excluding hydrogens is 440 g/mol. The molecule has 0 fully saturated rings. The van der Waals surface area contributed by atoms with Crippen molar-refractivity contribution in [3.63, 3.8) is 0 Å². The summed E-state index contributed by atoms with van der Waals surface area (Å²) in [5, 5.41) is 0. The minimum atomic E-state index is 0.802. The maximum absolute atomic E-state index is 5.42. The first kappa shape index (κ1) is 47.4. The largest absolute Gasteiger partial charge is 0.493 e. The molecule has 0 saturated heterocycles. The van der Waals surface area contributed by atoms with Crippen LogP contribution >= 0.6 is 0 Å². The Balaban J connectivity index is -0.0000000811. The van der Waals surface area contributed by atoms with Gasteiger partial charge in [-0.1, -0.05) is 153 Å².